The highest BCUT2D eigenvalue weighted by molar-refractivity contribution is 7.98. The number of nitrogens with two attached hydrogens (primary N) is 1. The molecule has 1 aliphatic heterocycles. The number of carbonyl (C=O) groups is 10. The molecule has 1 saturated heterocycles. The van der Waals surface area contributed by atoms with Gasteiger partial charge >= 0.3 is 12.1 Å². The summed E-state index contributed by atoms with van der Waals surface area (Å²) in [7, 11) is 0. The van der Waals surface area contributed by atoms with Gasteiger partial charge in [-0.3, -0.25) is 43.2 Å². The van der Waals surface area contributed by atoms with Crippen molar-refractivity contribution in [3.63, 3.8) is 0 Å². The van der Waals surface area contributed by atoms with Gasteiger partial charge in [-0.05, 0) is 69.6 Å². The Hall–Kier alpha value is -6.36. The molecule has 23 heteroatoms. The highest BCUT2D eigenvalue weighted by Gasteiger charge is 2.39. The van der Waals surface area contributed by atoms with E-state index in [9.17, 15) is 47.9 Å². The number of thiol groups is 1. The molecular formula is C44H61N9O12S2. The minimum atomic E-state index is -1.31. The fourth-order valence-corrected chi connectivity index (χ4v) is 7.47. The normalized spacial score (nSPS) is 16.3. The molecule has 21 nitrogen and oxygen atoms in total. The molecule has 0 spiro atoms. The molecule has 0 radical (unpaired) electrons. The third-order valence-electron chi connectivity index (χ3n) is 10.5. The van der Waals surface area contributed by atoms with Crippen LogP contribution < -0.4 is 43.0 Å². The van der Waals surface area contributed by atoms with Crippen molar-refractivity contribution in [1.82, 2.24) is 42.1 Å². The monoisotopic (exact) mass is 971 g/mol. The van der Waals surface area contributed by atoms with Crippen molar-refractivity contribution in [3.05, 3.63) is 71.8 Å². The Bertz CT molecular complexity index is 2050. The van der Waals surface area contributed by atoms with Gasteiger partial charge in [-0.15, -0.1) is 0 Å². The van der Waals surface area contributed by atoms with Gasteiger partial charge in [0.15, 0.2) is 0 Å². The van der Waals surface area contributed by atoms with Crippen LogP contribution in [0.5, 0.6) is 0 Å². The van der Waals surface area contributed by atoms with Crippen LogP contribution in [0.2, 0.25) is 0 Å². The Morgan fingerprint density at radius 3 is 1.84 bits per heavy atom. The minimum Gasteiger partial charge on any atom is -0.480 e. The van der Waals surface area contributed by atoms with E-state index in [1.807, 2.05) is 0 Å². The number of hydrogen-bond donors (Lipinski definition) is 10. The lowest BCUT2D eigenvalue weighted by atomic mass is 10.0. The zero-order valence-electron chi connectivity index (χ0n) is 37.8. The molecule has 0 aliphatic carbocycles. The van der Waals surface area contributed by atoms with Crippen molar-refractivity contribution in [2.45, 2.75) is 114 Å². The van der Waals surface area contributed by atoms with E-state index in [0.29, 0.717) is 23.3 Å². The Labute approximate surface area is 398 Å². The first-order valence-corrected chi connectivity index (χ1v) is 23.6. The van der Waals surface area contributed by atoms with E-state index in [2.05, 4.69) is 49.8 Å². The number of nitrogens with one attached hydrogen (secondary N) is 7. The molecule has 0 saturated carbocycles. The van der Waals surface area contributed by atoms with E-state index in [-0.39, 0.29) is 51.0 Å². The molecule has 0 aromatic heterocycles. The van der Waals surface area contributed by atoms with Crippen molar-refractivity contribution in [3.8, 4) is 0 Å². The second kappa shape index (κ2) is 28.0. The van der Waals surface area contributed by atoms with E-state index in [0.717, 1.165) is 0 Å². The van der Waals surface area contributed by atoms with Crippen molar-refractivity contribution in [2.75, 3.05) is 24.3 Å². The number of nitrogens with zero attached hydrogens (tertiary/aromatic N) is 1. The third-order valence-corrected chi connectivity index (χ3v) is 11.5. The van der Waals surface area contributed by atoms with E-state index in [1.54, 1.807) is 66.9 Å². The maximum atomic E-state index is 14.0. The van der Waals surface area contributed by atoms with Gasteiger partial charge in [-0.2, -0.15) is 24.4 Å². The molecule has 1 fully saturated rings. The fraction of sp³-hybridized carbons (Fsp3) is 0.500. The van der Waals surface area contributed by atoms with Crippen LogP contribution in [0.1, 0.15) is 64.0 Å². The molecule has 0 bridgehead atoms. The second-order valence-corrected chi connectivity index (χ2v) is 17.2. The van der Waals surface area contributed by atoms with Crippen LogP contribution in [0.3, 0.4) is 0 Å². The van der Waals surface area contributed by atoms with Crippen LogP contribution >= 0.6 is 24.4 Å². The molecule has 2 aromatic carbocycles. The fourth-order valence-electron chi connectivity index (χ4n) is 6.74. The van der Waals surface area contributed by atoms with Gasteiger partial charge in [-0.1, -0.05) is 60.7 Å². The molecule has 9 amide bonds. The summed E-state index contributed by atoms with van der Waals surface area (Å²) in [4.78, 5) is 131. The molecule has 366 valence electrons. The SMILES string of the molecule is CSCC[C@H](NC(=O)[C@H](CCC(N)=O)NC(=O)OCc1ccccc1)C(=O)N[C@@H](C)C(=O)N1CCC[C@H]1C(=O)N[C@@H](Cc1ccccc1)C(=O)N[C@@H](C)C(=O)N[C@@H](CS)C(=O)N[C@@H](C)C(=O)O. The Morgan fingerprint density at radius 1 is 0.701 bits per heavy atom. The summed E-state index contributed by atoms with van der Waals surface area (Å²) >= 11 is 5.48. The summed E-state index contributed by atoms with van der Waals surface area (Å²) in [5, 5.41) is 26.8. The lowest BCUT2D eigenvalue weighted by Gasteiger charge is -2.30. The number of likely N-dealkylation sites (tertiary alicyclic amines) is 1. The van der Waals surface area contributed by atoms with Gasteiger partial charge in [0, 0.05) is 25.1 Å². The number of ether oxygens (including phenoxy) is 1. The minimum absolute atomic E-state index is 0.00837. The summed E-state index contributed by atoms with van der Waals surface area (Å²) in [6.07, 6.45) is 1.16. The lowest BCUT2D eigenvalue weighted by molar-refractivity contribution is -0.142. The quantitative estimate of drug-likeness (QED) is 0.0534. The average Bonchev–Trinajstić information content (AvgIpc) is 3.80. The van der Waals surface area contributed by atoms with E-state index >= 15 is 0 Å². The van der Waals surface area contributed by atoms with Crippen LogP contribution in [0.25, 0.3) is 0 Å². The van der Waals surface area contributed by atoms with Gasteiger partial charge in [0.2, 0.25) is 47.3 Å². The summed E-state index contributed by atoms with van der Waals surface area (Å²) in [5.74, 6) is -6.91. The number of aliphatic carboxylic acids is 1. The zero-order chi connectivity index (χ0) is 49.6. The first-order valence-electron chi connectivity index (χ1n) is 21.6. The molecule has 10 N–H and O–H groups in total. The summed E-state index contributed by atoms with van der Waals surface area (Å²) in [6, 6.07) is 7.84. The van der Waals surface area contributed by atoms with Crippen LogP contribution in [-0.2, 0) is 60.9 Å². The van der Waals surface area contributed by atoms with Crippen molar-refractivity contribution in [1.29, 1.82) is 0 Å². The summed E-state index contributed by atoms with van der Waals surface area (Å²) in [5.41, 5.74) is 6.68. The number of benzene rings is 2. The molecule has 8 atom stereocenters. The Morgan fingerprint density at radius 2 is 1.24 bits per heavy atom. The second-order valence-electron chi connectivity index (χ2n) is 15.8. The van der Waals surface area contributed by atoms with Gasteiger partial charge in [0.25, 0.3) is 0 Å². The first-order chi connectivity index (χ1) is 31.8. The Kier molecular flexibility index (Phi) is 22.9. The number of primary amides is 1. The predicted molar refractivity (Wildman–Crippen MR) is 250 cm³/mol. The maximum Gasteiger partial charge on any atom is 0.408 e. The number of amides is 9. The zero-order valence-corrected chi connectivity index (χ0v) is 39.5. The molecule has 1 heterocycles. The number of thioether (sulfide) groups is 1. The van der Waals surface area contributed by atoms with Crippen molar-refractivity contribution < 1.29 is 57.8 Å². The van der Waals surface area contributed by atoms with Gasteiger partial charge in [-0.25, -0.2) is 4.79 Å². The maximum absolute atomic E-state index is 14.0. The predicted octanol–water partition coefficient (Wildman–Crippen LogP) is -0.483. The van der Waals surface area contributed by atoms with Crippen LogP contribution in [0.15, 0.2) is 60.7 Å². The number of hydrogen-bond acceptors (Lipinski definition) is 13. The number of carboxylic acid groups (broad SMARTS) is 1. The third kappa shape index (κ3) is 18.4. The van der Waals surface area contributed by atoms with Gasteiger partial charge in [0.05, 0.1) is 0 Å². The smallest absolute Gasteiger partial charge is 0.408 e. The van der Waals surface area contributed by atoms with Gasteiger partial charge in [0.1, 0.15) is 54.9 Å². The van der Waals surface area contributed by atoms with Crippen molar-refractivity contribution >= 4 is 83.7 Å². The number of alkyl carbamates (subject to hydrolysis) is 1. The van der Waals surface area contributed by atoms with Crippen molar-refractivity contribution in [2.24, 2.45) is 5.73 Å². The summed E-state index contributed by atoms with van der Waals surface area (Å²) < 4.78 is 5.24. The molecule has 3 rings (SSSR count). The lowest BCUT2D eigenvalue weighted by Crippen LogP contribution is -2.59. The molecule has 0 unspecified atom stereocenters. The topological polar surface area (TPSA) is 314 Å². The van der Waals surface area contributed by atoms with E-state index in [1.165, 1.54) is 37.4 Å². The average molecular weight is 972 g/mol. The van der Waals surface area contributed by atoms with Gasteiger partial charge < -0.3 is 57.7 Å². The molecule has 1 aliphatic rings. The van der Waals surface area contributed by atoms with Crippen LogP contribution in [-0.4, -0.2) is 142 Å². The van der Waals surface area contributed by atoms with Crippen LogP contribution in [0.4, 0.5) is 4.79 Å². The molecule has 2 aromatic rings. The summed E-state index contributed by atoms with van der Waals surface area (Å²) in [6.45, 7) is 4.09. The molecule has 67 heavy (non-hydrogen) atoms. The molecular weight excluding hydrogens is 911 g/mol. The number of rotatable bonds is 26. The number of carbonyl (C=O) groups excluding carboxylic acids is 9. The van der Waals surface area contributed by atoms with E-state index < -0.39 is 108 Å². The Balaban J connectivity index is 1.70. The number of carboxylic acids is 1. The first kappa shape index (κ1) is 55.0. The van der Waals surface area contributed by atoms with Crippen LogP contribution in [0, 0.1) is 0 Å². The largest absolute Gasteiger partial charge is 0.480 e. The highest BCUT2D eigenvalue weighted by atomic mass is 32.2. The standard InChI is InChI=1S/C44H61N9O12S2/c1-25(36(55)51-33(24-66)40(59)48-27(3)43(62)63)46-39(58)32(22-28-12-7-5-8-13-28)50-41(60)34-16-11-20-53(34)42(61)26(2)47-37(56)31(19-21-67-4)49-38(57)30(17-18-35(45)54)52-44(64)65-23-29-14-9-6-10-15-29/h5-10,12-15,25-27,30-34,66H,11,16-24H2,1-4H3,(H2,45,54)(H,46,58)(H,47,56)(H,48,59)(H,49,57)(H,50,60)(H,51,55)(H,52,64)(H,62,63)/t25-,26-,27-,30-,31-,32-,33-,34-/m0/s1. The van der Waals surface area contributed by atoms with E-state index in [4.69, 9.17) is 15.6 Å². The highest BCUT2D eigenvalue weighted by Crippen LogP contribution is 2.20.